The number of carbonyl (C=O) groups excluding carboxylic acids is 1. The lowest BCUT2D eigenvalue weighted by Crippen LogP contribution is -2.33. The molecule has 1 aromatic heterocycles. The molecule has 0 spiro atoms. The van der Waals surface area contributed by atoms with E-state index in [1.807, 2.05) is 31.2 Å². The Morgan fingerprint density at radius 3 is 2.73 bits per heavy atom. The fraction of sp³-hybridized carbons (Fsp3) is 0.211. The predicted octanol–water partition coefficient (Wildman–Crippen LogP) is 4.40. The van der Waals surface area contributed by atoms with Crippen LogP contribution < -0.4 is 5.32 Å². The largest absolute Gasteiger partial charge is 0.334 e. The normalized spacial score (nSPS) is 10.6. The third-order valence-electron chi connectivity index (χ3n) is 3.86. The van der Waals surface area contributed by atoms with E-state index in [0.717, 1.165) is 5.56 Å². The standard InChI is InChI=1S/C19H19ClN4O2/c1-13-6-8-14(9-7-13)18-22-17(23-26-18)10-11-24(2)19(25)21-16-5-3-4-15(20)12-16/h3-9,12H,10-11H2,1-2H3,(H,21,25). The molecule has 0 aliphatic rings. The van der Waals surface area contributed by atoms with Gasteiger partial charge in [-0.2, -0.15) is 4.98 Å². The number of anilines is 1. The van der Waals surface area contributed by atoms with Crippen LogP contribution in [-0.2, 0) is 6.42 Å². The van der Waals surface area contributed by atoms with Crippen molar-refractivity contribution in [2.75, 3.05) is 18.9 Å². The zero-order chi connectivity index (χ0) is 18.5. The summed E-state index contributed by atoms with van der Waals surface area (Å²) in [5.74, 6) is 1.04. The van der Waals surface area contributed by atoms with Crippen molar-refractivity contribution < 1.29 is 9.32 Å². The summed E-state index contributed by atoms with van der Waals surface area (Å²) in [7, 11) is 1.71. The summed E-state index contributed by atoms with van der Waals surface area (Å²) < 4.78 is 5.30. The molecule has 2 aromatic carbocycles. The van der Waals surface area contributed by atoms with Gasteiger partial charge in [0.2, 0.25) is 0 Å². The maximum absolute atomic E-state index is 12.2. The van der Waals surface area contributed by atoms with Crippen LogP contribution >= 0.6 is 11.6 Å². The fourth-order valence-corrected chi connectivity index (χ4v) is 2.51. The van der Waals surface area contributed by atoms with E-state index < -0.39 is 0 Å². The second-order valence-corrected chi connectivity index (χ2v) is 6.43. The number of nitrogens with one attached hydrogen (secondary N) is 1. The zero-order valence-electron chi connectivity index (χ0n) is 14.6. The highest BCUT2D eigenvalue weighted by molar-refractivity contribution is 6.30. The number of amides is 2. The number of nitrogens with zero attached hydrogens (tertiary/aromatic N) is 3. The molecule has 0 aliphatic heterocycles. The van der Waals surface area contributed by atoms with Gasteiger partial charge in [0, 0.05) is 36.3 Å². The highest BCUT2D eigenvalue weighted by Crippen LogP contribution is 2.18. The quantitative estimate of drug-likeness (QED) is 0.722. The average molecular weight is 371 g/mol. The molecule has 0 saturated carbocycles. The first-order valence-corrected chi connectivity index (χ1v) is 8.56. The number of hydrogen-bond donors (Lipinski definition) is 1. The first kappa shape index (κ1) is 17.9. The van der Waals surface area contributed by atoms with E-state index in [4.69, 9.17) is 16.1 Å². The number of urea groups is 1. The van der Waals surface area contributed by atoms with Gasteiger partial charge in [0.25, 0.3) is 5.89 Å². The van der Waals surface area contributed by atoms with Crippen LogP contribution in [0.15, 0.2) is 53.1 Å². The number of aromatic nitrogens is 2. The molecule has 26 heavy (non-hydrogen) atoms. The van der Waals surface area contributed by atoms with E-state index in [1.54, 1.807) is 36.2 Å². The average Bonchev–Trinajstić information content (AvgIpc) is 3.09. The summed E-state index contributed by atoms with van der Waals surface area (Å²) in [5.41, 5.74) is 2.69. The molecule has 2 amide bonds. The van der Waals surface area contributed by atoms with Gasteiger partial charge in [-0.25, -0.2) is 4.79 Å². The first-order chi connectivity index (χ1) is 12.5. The minimum Gasteiger partial charge on any atom is -0.334 e. The molecule has 6 nitrogen and oxygen atoms in total. The summed E-state index contributed by atoms with van der Waals surface area (Å²) in [6, 6.07) is 14.7. The van der Waals surface area contributed by atoms with E-state index >= 15 is 0 Å². The molecule has 0 aliphatic carbocycles. The molecule has 0 atom stereocenters. The van der Waals surface area contributed by atoms with Gasteiger partial charge in [-0.1, -0.05) is 40.5 Å². The topological polar surface area (TPSA) is 71.3 Å². The van der Waals surface area contributed by atoms with Gasteiger partial charge < -0.3 is 14.7 Å². The minimum atomic E-state index is -0.227. The van der Waals surface area contributed by atoms with Gasteiger partial charge in [0.05, 0.1) is 0 Å². The van der Waals surface area contributed by atoms with Gasteiger partial charge >= 0.3 is 6.03 Å². The Kier molecular flexibility index (Phi) is 5.53. The van der Waals surface area contributed by atoms with E-state index in [-0.39, 0.29) is 6.03 Å². The van der Waals surface area contributed by atoms with Crippen LogP contribution in [0, 0.1) is 6.92 Å². The molecule has 0 fully saturated rings. The van der Waals surface area contributed by atoms with Crippen molar-refractivity contribution in [3.05, 3.63) is 64.9 Å². The second-order valence-electron chi connectivity index (χ2n) is 5.99. The van der Waals surface area contributed by atoms with Gasteiger partial charge in [-0.15, -0.1) is 0 Å². The first-order valence-electron chi connectivity index (χ1n) is 8.18. The molecule has 1 N–H and O–H groups in total. The number of halogens is 1. The van der Waals surface area contributed by atoms with E-state index in [9.17, 15) is 4.79 Å². The molecular formula is C19H19ClN4O2. The maximum Gasteiger partial charge on any atom is 0.321 e. The number of carbonyl (C=O) groups is 1. The summed E-state index contributed by atoms with van der Waals surface area (Å²) >= 11 is 5.92. The molecule has 0 unspecified atom stereocenters. The Balaban J connectivity index is 1.55. The number of hydrogen-bond acceptors (Lipinski definition) is 4. The molecule has 3 aromatic rings. The SMILES string of the molecule is Cc1ccc(-c2nc(CCN(C)C(=O)Nc3cccc(Cl)c3)no2)cc1. The van der Waals surface area contributed by atoms with Crippen molar-refractivity contribution in [1.29, 1.82) is 0 Å². The third kappa shape index (κ3) is 4.61. The number of aryl methyl sites for hydroxylation is 1. The maximum atomic E-state index is 12.2. The number of likely N-dealkylation sites (N-methyl/N-ethyl adjacent to an activating group) is 1. The Hall–Kier alpha value is -2.86. The van der Waals surface area contributed by atoms with Crippen molar-refractivity contribution in [3.63, 3.8) is 0 Å². The van der Waals surface area contributed by atoms with Crippen LogP contribution in [0.4, 0.5) is 10.5 Å². The van der Waals surface area contributed by atoms with Crippen LogP contribution in [0.1, 0.15) is 11.4 Å². The van der Waals surface area contributed by atoms with Crippen molar-refractivity contribution in [2.45, 2.75) is 13.3 Å². The molecule has 7 heteroatoms. The van der Waals surface area contributed by atoms with Crippen molar-refractivity contribution in [1.82, 2.24) is 15.0 Å². The Morgan fingerprint density at radius 1 is 1.23 bits per heavy atom. The summed E-state index contributed by atoms with van der Waals surface area (Å²) in [4.78, 5) is 18.2. The number of rotatable bonds is 5. The van der Waals surface area contributed by atoms with Crippen LogP contribution in [0.25, 0.3) is 11.5 Å². The monoisotopic (exact) mass is 370 g/mol. The summed E-state index contributed by atoms with van der Waals surface area (Å²) in [6.07, 6.45) is 0.495. The molecule has 0 radical (unpaired) electrons. The molecule has 1 heterocycles. The van der Waals surface area contributed by atoms with Crippen molar-refractivity contribution in [2.24, 2.45) is 0 Å². The molecule has 134 valence electrons. The molecule has 0 bridgehead atoms. The van der Waals surface area contributed by atoms with Crippen LogP contribution in [-0.4, -0.2) is 34.7 Å². The predicted molar refractivity (Wildman–Crippen MR) is 101 cm³/mol. The smallest absolute Gasteiger partial charge is 0.321 e. The van der Waals surface area contributed by atoms with Gasteiger partial charge in [-0.3, -0.25) is 0 Å². The summed E-state index contributed by atoms with van der Waals surface area (Å²) in [6.45, 7) is 2.48. The molecule has 3 rings (SSSR count). The van der Waals surface area contributed by atoms with Crippen molar-refractivity contribution in [3.8, 4) is 11.5 Å². The lowest BCUT2D eigenvalue weighted by molar-refractivity contribution is 0.222. The number of benzene rings is 2. The molecular weight excluding hydrogens is 352 g/mol. The Morgan fingerprint density at radius 2 is 2.00 bits per heavy atom. The van der Waals surface area contributed by atoms with Gasteiger partial charge in [0.15, 0.2) is 5.82 Å². The van der Waals surface area contributed by atoms with Crippen LogP contribution in [0.3, 0.4) is 0 Å². The highest BCUT2D eigenvalue weighted by atomic mass is 35.5. The van der Waals surface area contributed by atoms with Gasteiger partial charge in [-0.05, 0) is 37.3 Å². The van der Waals surface area contributed by atoms with Crippen LogP contribution in [0.2, 0.25) is 5.02 Å². The Labute approximate surface area is 156 Å². The summed E-state index contributed by atoms with van der Waals surface area (Å²) in [5, 5.41) is 7.34. The van der Waals surface area contributed by atoms with E-state index in [1.165, 1.54) is 5.56 Å². The highest BCUT2D eigenvalue weighted by Gasteiger charge is 2.13. The van der Waals surface area contributed by atoms with E-state index in [0.29, 0.717) is 35.4 Å². The Bertz CT molecular complexity index is 893. The third-order valence-corrected chi connectivity index (χ3v) is 4.10. The lowest BCUT2D eigenvalue weighted by atomic mass is 10.1. The fourth-order valence-electron chi connectivity index (χ4n) is 2.32. The van der Waals surface area contributed by atoms with E-state index in [2.05, 4.69) is 15.5 Å². The van der Waals surface area contributed by atoms with Gasteiger partial charge in [0.1, 0.15) is 0 Å². The second kappa shape index (κ2) is 8.01. The minimum absolute atomic E-state index is 0.227. The molecule has 0 saturated heterocycles. The lowest BCUT2D eigenvalue weighted by Gasteiger charge is -2.17. The van der Waals surface area contributed by atoms with Crippen molar-refractivity contribution >= 4 is 23.3 Å². The zero-order valence-corrected chi connectivity index (χ0v) is 15.3. The van der Waals surface area contributed by atoms with Crippen LogP contribution in [0.5, 0.6) is 0 Å².